The molecule has 0 atom stereocenters. The van der Waals surface area contributed by atoms with Crippen molar-refractivity contribution >= 4 is 17.6 Å². The highest BCUT2D eigenvalue weighted by Crippen LogP contribution is 2.31. The van der Waals surface area contributed by atoms with Crippen molar-refractivity contribution in [3.05, 3.63) is 34.3 Å². The standard InChI is InChI=1S/C17H24ClNO2/c1-17(2,3)16(20)21-11-12-4-5-14(15(18)10-12)13-6-8-19-9-7-13/h4-5,10,13,19H,6-9,11H2,1-3H3. The van der Waals surface area contributed by atoms with Crippen LogP contribution in [0, 0.1) is 5.41 Å². The zero-order valence-corrected chi connectivity index (χ0v) is 13.8. The largest absolute Gasteiger partial charge is 0.460 e. The summed E-state index contributed by atoms with van der Waals surface area (Å²) in [5.41, 5.74) is 1.68. The summed E-state index contributed by atoms with van der Waals surface area (Å²) in [4.78, 5) is 11.8. The van der Waals surface area contributed by atoms with Crippen molar-refractivity contribution in [1.29, 1.82) is 0 Å². The molecule has 0 amide bonds. The number of halogens is 1. The van der Waals surface area contributed by atoms with Gasteiger partial charge in [0.2, 0.25) is 0 Å². The van der Waals surface area contributed by atoms with E-state index in [0.29, 0.717) is 5.92 Å². The van der Waals surface area contributed by atoms with Gasteiger partial charge in [-0.2, -0.15) is 0 Å². The van der Waals surface area contributed by atoms with Gasteiger partial charge >= 0.3 is 5.97 Å². The lowest BCUT2D eigenvalue weighted by Crippen LogP contribution is -2.26. The zero-order valence-electron chi connectivity index (χ0n) is 13.0. The maximum absolute atomic E-state index is 11.8. The molecule has 1 saturated heterocycles. The van der Waals surface area contributed by atoms with Gasteiger partial charge in [0.1, 0.15) is 6.61 Å². The number of hydrogen-bond donors (Lipinski definition) is 1. The highest BCUT2D eigenvalue weighted by molar-refractivity contribution is 6.31. The molecule has 0 unspecified atom stereocenters. The van der Waals surface area contributed by atoms with Crippen LogP contribution in [0.4, 0.5) is 0 Å². The first kappa shape index (κ1) is 16.3. The van der Waals surface area contributed by atoms with Gasteiger partial charge in [-0.05, 0) is 69.8 Å². The fourth-order valence-corrected chi connectivity index (χ4v) is 2.85. The monoisotopic (exact) mass is 309 g/mol. The molecule has 1 aliphatic heterocycles. The van der Waals surface area contributed by atoms with Crippen LogP contribution in [0.1, 0.15) is 50.7 Å². The number of carbonyl (C=O) groups is 1. The van der Waals surface area contributed by atoms with Crippen LogP contribution in [0.25, 0.3) is 0 Å². The number of piperidine rings is 1. The molecule has 116 valence electrons. The maximum atomic E-state index is 11.8. The predicted octanol–water partition coefficient (Wildman–Crippen LogP) is 3.90. The Morgan fingerprint density at radius 3 is 2.57 bits per heavy atom. The van der Waals surface area contributed by atoms with Crippen molar-refractivity contribution in [1.82, 2.24) is 5.32 Å². The minimum absolute atomic E-state index is 0.193. The quantitative estimate of drug-likeness (QED) is 0.861. The van der Waals surface area contributed by atoms with E-state index in [1.165, 1.54) is 5.56 Å². The summed E-state index contributed by atoms with van der Waals surface area (Å²) < 4.78 is 5.33. The third-order valence-corrected chi connectivity index (χ3v) is 4.15. The van der Waals surface area contributed by atoms with Crippen molar-refractivity contribution in [2.45, 2.75) is 46.1 Å². The third-order valence-electron chi connectivity index (χ3n) is 3.83. The molecule has 0 spiro atoms. The van der Waals surface area contributed by atoms with Crippen LogP contribution in [-0.2, 0) is 16.1 Å². The summed E-state index contributed by atoms with van der Waals surface area (Å²) in [5, 5.41) is 4.15. The van der Waals surface area contributed by atoms with Gasteiger partial charge in [-0.15, -0.1) is 0 Å². The molecule has 3 nitrogen and oxygen atoms in total. The molecule has 1 aliphatic rings. The molecule has 1 aromatic carbocycles. The Morgan fingerprint density at radius 1 is 1.33 bits per heavy atom. The molecule has 21 heavy (non-hydrogen) atoms. The normalized spacial score (nSPS) is 16.8. The first-order chi connectivity index (χ1) is 9.88. The molecule has 4 heteroatoms. The molecule has 0 bridgehead atoms. The number of nitrogens with one attached hydrogen (secondary N) is 1. The summed E-state index contributed by atoms with van der Waals surface area (Å²) in [6.07, 6.45) is 2.25. The van der Waals surface area contributed by atoms with E-state index in [1.807, 2.05) is 32.9 Å². The van der Waals surface area contributed by atoms with E-state index < -0.39 is 5.41 Å². The lowest BCUT2D eigenvalue weighted by atomic mass is 9.90. The molecule has 1 N–H and O–H groups in total. The zero-order chi connectivity index (χ0) is 15.5. The van der Waals surface area contributed by atoms with Crippen molar-refractivity contribution in [2.75, 3.05) is 13.1 Å². The number of benzene rings is 1. The average molecular weight is 310 g/mol. The topological polar surface area (TPSA) is 38.3 Å². The van der Waals surface area contributed by atoms with E-state index in [9.17, 15) is 4.79 Å². The van der Waals surface area contributed by atoms with Crippen LogP contribution in [0.15, 0.2) is 18.2 Å². The Balaban J connectivity index is 2.00. The number of rotatable bonds is 3. The van der Waals surface area contributed by atoms with Crippen LogP contribution in [-0.4, -0.2) is 19.1 Å². The average Bonchev–Trinajstić information content (AvgIpc) is 2.44. The van der Waals surface area contributed by atoms with Gasteiger partial charge in [0, 0.05) is 5.02 Å². The fraction of sp³-hybridized carbons (Fsp3) is 0.588. The molecule has 1 fully saturated rings. The van der Waals surface area contributed by atoms with Crippen LogP contribution >= 0.6 is 11.6 Å². The molecule has 1 heterocycles. The van der Waals surface area contributed by atoms with E-state index in [2.05, 4.69) is 11.4 Å². The third kappa shape index (κ3) is 4.45. The summed E-state index contributed by atoms with van der Waals surface area (Å²) in [7, 11) is 0. The van der Waals surface area contributed by atoms with Gasteiger partial charge in [0.05, 0.1) is 5.41 Å². The minimum atomic E-state index is -0.473. The second kappa shape index (κ2) is 6.80. The summed E-state index contributed by atoms with van der Waals surface area (Å²) in [6.45, 7) is 7.92. The lowest BCUT2D eigenvalue weighted by Gasteiger charge is -2.24. The van der Waals surface area contributed by atoms with Gasteiger partial charge in [-0.3, -0.25) is 4.79 Å². The maximum Gasteiger partial charge on any atom is 0.311 e. The van der Waals surface area contributed by atoms with Crippen molar-refractivity contribution in [3.8, 4) is 0 Å². The molecule has 0 saturated carbocycles. The van der Waals surface area contributed by atoms with E-state index in [4.69, 9.17) is 16.3 Å². The van der Waals surface area contributed by atoms with Crippen LogP contribution in [0.2, 0.25) is 5.02 Å². The first-order valence-electron chi connectivity index (χ1n) is 7.54. The highest BCUT2D eigenvalue weighted by Gasteiger charge is 2.23. The Morgan fingerprint density at radius 2 is 2.00 bits per heavy atom. The van der Waals surface area contributed by atoms with E-state index in [-0.39, 0.29) is 12.6 Å². The van der Waals surface area contributed by atoms with E-state index in [0.717, 1.165) is 36.5 Å². The van der Waals surface area contributed by atoms with Gasteiger partial charge in [-0.1, -0.05) is 23.7 Å². The van der Waals surface area contributed by atoms with Gasteiger partial charge < -0.3 is 10.1 Å². The number of hydrogen-bond acceptors (Lipinski definition) is 3. The number of esters is 1. The molecule has 0 aromatic heterocycles. The minimum Gasteiger partial charge on any atom is -0.460 e. The Bertz CT molecular complexity index is 502. The second-order valence-corrected chi connectivity index (χ2v) is 7.11. The van der Waals surface area contributed by atoms with Crippen molar-refractivity contribution in [2.24, 2.45) is 5.41 Å². The summed E-state index contributed by atoms with van der Waals surface area (Å²) >= 11 is 6.41. The first-order valence-corrected chi connectivity index (χ1v) is 7.92. The molecule has 0 aliphatic carbocycles. The van der Waals surface area contributed by atoms with E-state index in [1.54, 1.807) is 0 Å². The van der Waals surface area contributed by atoms with Crippen molar-refractivity contribution < 1.29 is 9.53 Å². The predicted molar refractivity (Wildman–Crippen MR) is 85.5 cm³/mol. The van der Waals surface area contributed by atoms with Gasteiger partial charge in [0.15, 0.2) is 0 Å². The molecule has 2 rings (SSSR count). The van der Waals surface area contributed by atoms with Crippen LogP contribution in [0.5, 0.6) is 0 Å². The molecule has 0 radical (unpaired) electrons. The highest BCUT2D eigenvalue weighted by atomic mass is 35.5. The summed E-state index contributed by atoms with van der Waals surface area (Å²) in [5.74, 6) is 0.339. The SMILES string of the molecule is CC(C)(C)C(=O)OCc1ccc(C2CCNCC2)c(Cl)c1. The smallest absolute Gasteiger partial charge is 0.311 e. The Kier molecular flexibility index (Phi) is 5.28. The molecular formula is C17H24ClNO2. The number of carbonyl (C=O) groups excluding carboxylic acids is 1. The summed E-state index contributed by atoms with van der Waals surface area (Å²) in [6, 6.07) is 6.02. The fourth-order valence-electron chi connectivity index (χ4n) is 2.49. The van der Waals surface area contributed by atoms with Crippen molar-refractivity contribution in [3.63, 3.8) is 0 Å². The molecular weight excluding hydrogens is 286 g/mol. The van der Waals surface area contributed by atoms with Gasteiger partial charge in [0.25, 0.3) is 0 Å². The Hall–Kier alpha value is -1.06. The number of ether oxygens (including phenoxy) is 1. The Labute approximate surface area is 132 Å². The van der Waals surface area contributed by atoms with Crippen LogP contribution < -0.4 is 5.32 Å². The second-order valence-electron chi connectivity index (χ2n) is 6.71. The lowest BCUT2D eigenvalue weighted by molar-refractivity contribution is -0.154. The van der Waals surface area contributed by atoms with Crippen LogP contribution in [0.3, 0.4) is 0 Å². The van der Waals surface area contributed by atoms with E-state index >= 15 is 0 Å². The molecule has 1 aromatic rings. The van der Waals surface area contributed by atoms with Gasteiger partial charge in [-0.25, -0.2) is 0 Å².